The van der Waals surface area contributed by atoms with Crippen molar-refractivity contribution >= 4 is 23.4 Å². The molecule has 2 aliphatic rings. The Labute approximate surface area is 236 Å². The molecule has 4 aromatic rings. The summed E-state index contributed by atoms with van der Waals surface area (Å²) in [6, 6.07) is 12.4. The lowest BCUT2D eigenvalue weighted by Crippen LogP contribution is -2.59. The van der Waals surface area contributed by atoms with Gasteiger partial charge in [0.05, 0.1) is 17.8 Å². The Kier molecular flexibility index (Phi) is 7.80. The van der Waals surface area contributed by atoms with E-state index in [4.69, 9.17) is 30.5 Å². The molecule has 4 heterocycles. The lowest BCUT2D eigenvalue weighted by molar-refractivity contribution is -0.308. The van der Waals surface area contributed by atoms with E-state index in [-0.39, 0.29) is 17.9 Å². The molecule has 6 rings (SSSR count). The number of hydrogen-bond acceptors (Lipinski definition) is 8. The number of halogens is 4. The number of nitrogens with zero attached hydrogens (tertiary/aromatic N) is 4. The summed E-state index contributed by atoms with van der Waals surface area (Å²) in [5.41, 5.74) is 0.439. The molecule has 3 unspecified atom stereocenters. The molecule has 2 aromatic heterocycles. The van der Waals surface area contributed by atoms with Crippen LogP contribution in [-0.2, 0) is 18.9 Å². The van der Waals surface area contributed by atoms with Crippen LogP contribution in [0.3, 0.4) is 0 Å². The van der Waals surface area contributed by atoms with Crippen molar-refractivity contribution in [3.8, 4) is 11.3 Å². The van der Waals surface area contributed by atoms with Gasteiger partial charge in [-0.15, -0.1) is 5.10 Å². The predicted octanol–water partition coefficient (Wildman–Crippen LogP) is 5.60. The van der Waals surface area contributed by atoms with E-state index in [2.05, 4.69) is 15.3 Å². The van der Waals surface area contributed by atoms with Gasteiger partial charge < -0.3 is 18.9 Å². The molecule has 0 aliphatic carbocycles. The fraction of sp³-hybridized carbons (Fsp3) is 0.296. The molecule has 2 aliphatic heterocycles. The Morgan fingerprint density at radius 3 is 2.55 bits per heavy atom. The van der Waals surface area contributed by atoms with Gasteiger partial charge in [-0.1, -0.05) is 58.9 Å². The minimum absolute atomic E-state index is 0.0335. The quantitative estimate of drug-likeness (QED) is 0.269. The first kappa shape index (κ1) is 27.2. The maximum absolute atomic E-state index is 14.0. The molecule has 6 atom stereocenters. The standard InChI is InChI=1S/C27H22ClF3N4O4S/c1-36-25-23(35-12-20(33-34-35)15-7-18(29)22(31)19(30)8-15)24-21(13-37-26(39-24)14-5-3-2-4-6-14)38-27(25)40-17-9-16(28)10-32-11-17/h2-12,21,23-27H,13H2,1H3/t21?,23-,24-,25?,26?,27+/m0/s1. The monoisotopic (exact) mass is 590 g/mol. The Morgan fingerprint density at radius 1 is 1.05 bits per heavy atom. The minimum Gasteiger partial charge on any atom is -0.375 e. The third kappa shape index (κ3) is 5.35. The number of pyridine rings is 1. The second-order valence-electron chi connectivity index (χ2n) is 9.20. The molecule has 0 spiro atoms. The van der Waals surface area contributed by atoms with Crippen molar-refractivity contribution in [2.24, 2.45) is 0 Å². The summed E-state index contributed by atoms with van der Waals surface area (Å²) in [4.78, 5) is 4.90. The lowest BCUT2D eigenvalue weighted by atomic mass is 9.95. The van der Waals surface area contributed by atoms with Gasteiger partial charge in [0.25, 0.3) is 0 Å². The second-order valence-corrected chi connectivity index (χ2v) is 10.8. The van der Waals surface area contributed by atoms with Crippen LogP contribution in [0.15, 0.2) is 72.0 Å². The highest BCUT2D eigenvalue weighted by Crippen LogP contribution is 2.44. The summed E-state index contributed by atoms with van der Waals surface area (Å²) in [5.74, 6) is -4.20. The van der Waals surface area contributed by atoms with Gasteiger partial charge in [-0.2, -0.15) is 0 Å². The van der Waals surface area contributed by atoms with Crippen molar-refractivity contribution in [2.75, 3.05) is 13.7 Å². The third-order valence-electron chi connectivity index (χ3n) is 6.68. The zero-order valence-electron chi connectivity index (χ0n) is 20.9. The van der Waals surface area contributed by atoms with Crippen LogP contribution >= 0.6 is 23.4 Å². The number of aromatic nitrogens is 4. The maximum Gasteiger partial charge on any atom is 0.194 e. The molecule has 40 heavy (non-hydrogen) atoms. The third-order valence-corrected chi connectivity index (χ3v) is 7.99. The van der Waals surface area contributed by atoms with E-state index < -0.39 is 53.5 Å². The van der Waals surface area contributed by atoms with Gasteiger partial charge in [-0.25, -0.2) is 17.9 Å². The van der Waals surface area contributed by atoms with Crippen LogP contribution in [0.4, 0.5) is 13.2 Å². The average Bonchev–Trinajstić information content (AvgIpc) is 3.45. The Bertz CT molecular complexity index is 1480. The summed E-state index contributed by atoms with van der Waals surface area (Å²) in [5, 5.41) is 8.86. The van der Waals surface area contributed by atoms with E-state index in [1.165, 1.54) is 28.8 Å². The number of fused-ring (bicyclic) bond motifs is 1. The highest BCUT2D eigenvalue weighted by atomic mass is 35.5. The van der Waals surface area contributed by atoms with Crippen LogP contribution in [0.25, 0.3) is 11.3 Å². The van der Waals surface area contributed by atoms with Gasteiger partial charge in [0.1, 0.15) is 35.5 Å². The van der Waals surface area contributed by atoms with E-state index in [0.29, 0.717) is 5.02 Å². The van der Waals surface area contributed by atoms with Crippen LogP contribution in [0.5, 0.6) is 0 Å². The van der Waals surface area contributed by atoms with Gasteiger partial charge in [0.2, 0.25) is 0 Å². The fourth-order valence-electron chi connectivity index (χ4n) is 4.84. The Morgan fingerprint density at radius 2 is 1.82 bits per heavy atom. The zero-order chi connectivity index (χ0) is 27.8. The number of methoxy groups -OCH3 is 1. The second kappa shape index (κ2) is 11.5. The number of ether oxygens (including phenoxy) is 4. The molecular formula is C27H22ClF3N4O4S. The largest absolute Gasteiger partial charge is 0.375 e. The van der Waals surface area contributed by atoms with Gasteiger partial charge in [0.15, 0.2) is 23.7 Å². The van der Waals surface area contributed by atoms with Crippen molar-refractivity contribution in [3.63, 3.8) is 0 Å². The minimum atomic E-state index is -1.55. The molecule has 2 saturated heterocycles. The molecule has 0 saturated carbocycles. The normalized spacial score (nSPS) is 26.4. The van der Waals surface area contributed by atoms with Gasteiger partial charge >= 0.3 is 0 Å². The van der Waals surface area contributed by atoms with E-state index in [1.807, 2.05) is 30.3 Å². The summed E-state index contributed by atoms with van der Waals surface area (Å²) >= 11 is 7.51. The van der Waals surface area contributed by atoms with Crippen molar-refractivity contribution in [2.45, 2.75) is 41.0 Å². The molecular weight excluding hydrogens is 569 g/mol. The van der Waals surface area contributed by atoms with Crippen molar-refractivity contribution in [1.29, 1.82) is 0 Å². The molecule has 2 aromatic carbocycles. The Balaban J connectivity index is 1.37. The fourth-order valence-corrected chi connectivity index (χ4v) is 6.27. The van der Waals surface area contributed by atoms with E-state index in [0.717, 1.165) is 22.6 Å². The molecule has 13 heteroatoms. The van der Waals surface area contributed by atoms with Gasteiger partial charge in [-0.05, 0) is 18.2 Å². The first-order valence-corrected chi connectivity index (χ1v) is 13.5. The van der Waals surface area contributed by atoms with Crippen molar-refractivity contribution in [1.82, 2.24) is 20.0 Å². The first-order valence-electron chi connectivity index (χ1n) is 12.3. The number of rotatable bonds is 6. The molecule has 0 bridgehead atoms. The first-order chi connectivity index (χ1) is 19.4. The SMILES string of the molecule is COC1[C@@H](Sc2cncc(Cl)c2)OC2COC(c3ccccc3)O[C@@H]2[C@@H]1n1cc(-c2cc(F)c(F)c(F)c2)nn1. The van der Waals surface area contributed by atoms with Crippen molar-refractivity contribution < 1.29 is 32.1 Å². The molecule has 0 radical (unpaired) electrons. The smallest absolute Gasteiger partial charge is 0.194 e. The summed E-state index contributed by atoms with van der Waals surface area (Å²) in [7, 11) is 1.54. The molecule has 8 nitrogen and oxygen atoms in total. The summed E-state index contributed by atoms with van der Waals surface area (Å²) < 4.78 is 67.8. The van der Waals surface area contributed by atoms with Crippen LogP contribution in [-0.4, -0.2) is 57.4 Å². The molecule has 0 N–H and O–H groups in total. The van der Waals surface area contributed by atoms with E-state index >= 15 is 0 Å². The summed E-state index contributed by atoms with van der Waals surface area (Å²) in [6.45, 7) is 0.220. The van der Waals surface area contributed by atoms with Gasteiger partial charge in [-0.3, -0.25) is 4.98 Å². The number of benzene rings is 2. The zero-order valence-corrected chi connectivity index (χ0v) is 22.4. The van der Waals surface area contributed by atoms with E-state index in [9.17, 15) is 13.2 Å². The number of hydrogen-bond donors (Lipinski definition) is 0. The van der Waals surface area contributed by atoms with Crippen LogP contribution < -0.4 is 0 Å². The topological polar surface area (TPSA) is 80.5 Å². The highest BCUT2D eigenvalue weighted by molar-refractivity contribution is 7.99. The predicted molar refractivity (Wildman–Crippen MR) is 139 cm³/mol. The van der Waals surface area contributed by atoms with Crippen molar-refractivity contribution in [3.05, 3.63) is 95.2 Å². The van der Waals surface area contributed by atoms with Crippen LogP contribution in [0, 0.1) is 17.5 Å². The maximum atomic E-state index is 14.0. The van der Waals surface area contributed by atoms with E-state index in [1.54, 1.807) is 19.4 Å². The highest BCUT2D eigenvalue weighted by Gasteiger charge is 2.52. The Hall–Kier alpha value is -3.00. The molecule has 208 valence electrons. The van der Waals surface area contributed by atoms with Gasteiger partial charge in [0, 0.05) is 35.5 Å². The van der Waals surface area contributed by atoms with Crippen LogP contribution in [0.1, 0.15) is 17.9 Å². The average molecular weight is 591 g/mol. The molecule has 0 amide bonds. The lowest BCUT2D eigenvalue weighted by Gasteiger charge is -2.48. The van der Waals surface area contributed by atoms with Crippen LogP contribution in [0.2, 0.25) is 5.02 Å². The molecule has 2 fully saturated rings. The summed E-state index contributed by atoms with van der Waals surface area (Å²) in [6.07, 6.45) is 2.29. The number of thioether (sulfide) groups is 1.